The van der Waals surface area contributed by atoms with Crippen molar-refractivity contribution in [1.82, 2.24) is 0 Å². The van der Waals surface area contributed by atoms with Crippen LogP contribution in [0.5, 0.6) is 5.75 Å². The van der Waals surface area contributed by atoms with Crippen LogP contribution in [0, 0.1) is 0 Å². The highest BCUT2D eigenvalue weighted by Gasteiger charge is 2.06. The number of nitrogen functional groups attached to an aromatic ring is 1. The van der Waals surface area contributed by atoms with E-state index in [1.165, 1.54) is 5.56 Å². The molecule has 0 saturated heterocycles. The largest absolute Gasteiger partial charge is 0.492 e. The van der Waals surface area contributed by atoms with E-state index < -0.39 is 0 Å². The van der Waals surface area contributed by atoms with E-state index in [0.29, 0.717) is 12.3 Å². The third-order valence-electron chi connectivity index (χ3n) is 3.00. The molecule has 0 aliphatic rings. The second-order valence-electron chi connectivity index (χ2n) is 4.50. The third-order valence-corrected chi connectivity index (χ3v) is 3.00. The van der Waals surface area contributed by atoms with Crippen LogP contribution in [0.4, 0.5) is 11.4 Å². The molecule has 0 spiro atoms. The average molecular weight is 256 g/mol. The lowest BCUT2D eigenvalue weighted by molar-refractivity contribution is 0.342. The zero-order valence-electron chi connectivity index (χ0n) is 11.5. The molecule has 0 fully saturated rings. The summed E-state index contributed by atoms with van der Waals surface area (Å²) in [6, 6.07) is 16.3. The summed E-state index contributed by atoms with van der Waals surface area (Å²) in [6.45, 7) is 3.44. The molecule has 0 unspecified atom stereocenters. The van der Waals surface area contributed by atoms with Crippen molar-refractivity contribution >= 4 is 11.4 Å². The first-order valence-electron chi connectivity index (χ1n) is 6.48. The van der Waals surface area contributed by atoms with Gasteiger partial charge < -0.3 is 15.4 Å². The van der Waals surface area contributed by atoms with E-state index in [1.54, 1.807) is 0 Å². The number of benzene rings is 2. The molecule has 0 radical (unpaired) electrons. The lowest BCUT2D eigenvalue weighted by atomic mass is 10.2. The molecule has 0 aliphatic carbocycles. The molecule has 0 amide bonds. The molecule has 2 aromatic rings. The van der Waals surface area contributed by atoms with Crippen molar-refractivity contribution in [3.8, 4) is 5.75 Å². The number of ether oxygens (including phenoxy) is 1. The van der Waals surface area contributed by atoms with Gasteiger partial charge in [-0.3, -0.25) is 0 Å². The van der Waals surface area contributed by atoms with Crippen LogP contribution in [0.2, 0.25) is 0 Å². The van der Waals surface area contributed by atoms with Crippen LogP contribution in [0.3, 0.4) is 0 Å². The van der Waals surface area contributed by atoms with Gasteiger partial charge in [-0.15, -0.1) is 0 Å². The second kappa shape index (κ2) is 6.14. The van der Waals surface area contributed by atoms with Crippen molar-refractivity contribution < 1.29 is 4.74 Å². The Balaban J connectivity index is 2.15. The summed E-state index contributed by atoms with van der Waals surface area (Å²) in [5.74, 6) is 0.750. The molecular weight excluding hydrogens is 236 g/mol. The number of nitrogens with two attached hydrogens (primary N) is 1. The van der Waals surface area contributed by atoms with Gasteiger partial charge >= 0.3 is 0 Å². The quantitative estimate of drug-likeness (QED) is 0.834. The summed E-state index contributed by atoms with van der Waals surface area (Å²) in [7, 11) is 2.06. The Hall–Kier alpha value is -2.16. The predicted molar refractivity (Wildman–Crippen MR) is 80.6 cm³/mol. The number of hydrogen-bond donors (Lipinski definition) is 1. The zero-order valence-corrected chi connectivity index (χ0v) is 11.5. The maximum Gasteiger partial charge on any atom is 0.144 e. The van der Waals surface area contributed by atoms with Crippen LogP contribution < -0.4 is 15.4 Å². The van der Waals surface area contributed by atoms with E-state index in [-0.39, 0.29) is 0 Å². The van der Waals surface area contributed by atoms with Gasteiger partial charge in [0.25, 0.3) is 0 Å². The minimum atomic E-state index is 0.621. The van der Waals surface area contributed by atoms with Crippen molar-refractivity contribution in [2.45, 2.75) is 13.5 Å². The fourth-order valence-corrected chi connectivity index (χ4v) is 1.99. The molecular formula is C16H20N2O. The first kappa shape index (κ1) is 13.3. The van der Waals surface area contributed by atoms with Crippen LogP contribution in [-0.4, -0.2) is 13.7 Å². The van der Waals surface area contributed by atoms with Gasteiger partial charge in [-0.2, -0.15) is 0 Å². The molecule has 2 aromatic carbocycles. The summed E-state index contributed by atoms with van der Waals surface area (Å²) in [4.78, 5) is 2.18. The first-order chi connectivity index (χ1) is 9.20. The summed E-state index contributed by atoms with van der Waals surface area (Å²) in [6.07, 6.45) is 0. The van der Waals surface area contributed by atoms with Crippen LogP contribution >= 0.6 is 0 Å². The van der Waals surface area contributed by atoms with Gasteiger partial charge in [-0.25, -0.2) is 0 Å². The van der Waals surface area contributed by atoms with E-state index in [2.05, 4.69) is 36.2 Å². The smallest absolute Gasteiger partial charge is 0.144 e. The minimum Gasteiger partial charge on any atom is -0.492 e. The summed E-state index contributed by atoms with van der Waals surface area (Å²) in [5.41, 5.74) is 8.94. The number of hydrogen-bond acceptors (Lipinski definition) is 3. The SMILES string of the molecule is CCOc1cc(N(C)Cc2ccccc2)ccc1N. The minimum absolute atomic E-state index is 0.621. The fourth-order valence-electron chi connectivity index (χ4n) is 1.99. The Morgan fingerprint density at radius 3 is 2.53 bits per heavy atom. The molecule has 19 heavy (non-hydrogen) atoms. The Morgan fingerprint density at radius 1 is 1.11 bits per heavy atom. The molecule has 0 atom stereocenters. The highest BCUT2D eigenvalue weighted by Crippen LogP contribution is 2.27. The molecule has 2 N–H and O–H groups in total. The molecule has 3 nitrogen and oxygen atoms in total. The maximum absolute atomic E-state index is 5.88. The normalized spacial score (nSPS) is 10.2. The zero-order chi connectivity index (χ0) is 13.7. The maximum atomic E-state index is 5.88. The Morgan fingerprint density at radius 2 is 1.84 bits per heavy atom. The predicted octanol–water partition coefficient (Wildman–Crippen LogP) is 3.30. The van der Waals surface area contributed by atoms with Crippen molar-refractivity contribution in [2.24, 2.45) is 0 Å². The molecule has 0 aromatic heterocycles. The lowest BCUT2D eigenvalue weighted by Gasteiger charge is -2.20. The molecule has 100 valence electrons. The van der Waals surface area contributed by atoms with Crippen molar-refractivity contribution in [2.75, 3.05) is 24.3 Å². The Kier molecular flexibility index (Phi) is 4.29. The Bertz CT molecular complexity index is 526. The van der Waals surface area contributed by atoms with Crippen LogP contribution in [-0.2, 0) is 6.54 Å². The van der Waals surface area contributed by atoms with E-state index in [4.69, 9.17) is 10.5 Å². The summed E-state index contributed by atoms with van der Waals surface area (Å²) >= 11 is 0. The summed E-state index contributed by atoms with van der Waals surface area (Å²) < 4.78 is 5.53. The van der Waals surface area contributed by atoms with Gasteiger partial charge in [0.1, 0.15) is 5.75 Å². The van der Waals surface area contributed by atoms with Crippen LogP contribution in [0.1, 0.15) is 12.5 Å². The van der Waals surface area contributed by atoms with E-state index in [0.717, 1.165) is 18.0 Å². The van der Waals surface area contributed by atoms with E-state index in [9.17, 15) is 0 Å². The second-order valence-corrected chi connectivity index (χ2v) is 4.50. The average Bonchev–Trinajstić information content (AvgIpc) is 2.42. The third kappa shape index (κ3) is 3.41. The highest BCUT2D eigenvalue weighted by atomic mass is 16.5. The van der Waals surface area contributed by atoms with E-state index >= 15 is 0 Å². The molecule has 0 saturated carbocycles. The van der Waals surface area contributed by atoms with Gasteiger partial charge in [0, 0.05) is 25.3 Å². The van der Waals surface area contributed by atoms with E-state index in [1.807, 2.05) is 31.2 Å². The standard InChI is InChI=1S/C16H20N2O/c1-3-19-16-11-14(9-10-15(16)17)18(2)12-13-7-5-4-6-8-13/h4-11H,3,12,17H2,1-2H3. The lowest BCUT2D eigenvalue weighted by Crippen LogP contribution is -2.16. The van der Waals surface area contributed by atoms with Gasteiger partial charge in [0.15, 0.2) is 0 Å². The monoisotopic (exact) mass is 256 g/mol. The number of anilines is 2. The number of nitrogens with zero attached hydrogens (tertiary/aromatic N) is 1. The summed E-state index contributed by atoms with van der Waals surface area (Å²) in [5, 5.41) is 0. The molecule has 0 bridgehead atoms. The van der Waals surface area contributed by atoms with Crippen LogP contribution in [0.25, 0.3) is 0 Å². The number of rotatable bonds is 5. The van der Waals surface area contributed by atoms with Gasteiger partial charge in [0.05, 0.1) is 12.3 Å². The van der Waals surface area contributed by atoms with Crippen molar-refractivity contribution in [1.29, 1.82) is 0 Å². The van der Waals surface area contributed by atoms with Gasteiger partial charge in [-0.1, -0.05) is 30.3 Å². The topological polar surface area (TPSA) is 38.5 Å². The molecule has 0 heterocycles. The van der Waals surface area contributed by atoms with Crippen molar-refractivity contribution in [3.05, 3.63) is 54.1 Å². The first-order valence-corrected chi connectivity index (χ1v) is 6.48. The molecule has 3 heteroatoms. The fraction of sp³-hybridized carbons (Fsp3) is 0.250. The van der Waals surface area contributed by atoms with Gasteiger partial charge in [0.2, 0.25) is 0 Å². The van der Waals surface area contributed by atoms with Gasteiger partial charge in [-0.05, 0) is 24.6 Å². The molecule has 0 aliphatic heterocycles. The van der Waals surface area contributed by atoms with Crippen LogP contribution in [0.15, 0.2) is 48.5 Å². The van der Waals surface area contributed by atoms with Crippen molar-refractivity contribution in [3.63, 3.8) is 0 Å². The highest BCUT2D eigenvalue weighted by molar-refractivity contribution is 5.62. The Labute approximate surface area is 114 Å². The molecule has 2 rings (SSSR count).